The highest BCUT2D eigenvalue weighted by atomic mass is 14.7. The van der Waals surface area contributed by atoms with Gasteiger partial charge in [-0.3, -0.25) is 4.99 Å². The molecule has 0 aromatic rings. The molecule has 0 N–H and O–H groups in total. The summed E-state index contributed by atoms with van der Waals surface area (Å²) >= 11 is 0. The lowest BCUT2D eigenvalue weighted by molar-refractivity contribution is 0.996. The van der Waals surface area contributed by atoms with E-state index in [0.717, 1.165) is 18.7 Å². The van der Waals surface area contributed by atoms with Gasteiger partial charge < -0.3 is 0 Å². The van der Waals surface area contributed by atoms with Crippen LogP contribution in [0.2, 0.25) is 0 Å². The fourth-order valence-electron chi connectivity index (χ4n) is 0.804. The lowest BCUT2D eigenvalue weighted by Gasteiger charge is -1.98. The number of rotatable bonds is 1. The maximum absolute atomic E-state index is 4.26. The molecule has 1 rings (SSSR count). The van der Waals surface area contributed by atoms with Gasteiger partial charge in [0.2, 0.25) is 0 Å². The van der Waals surface area contributed by atoms with Crippen LogP contribution in [0.15, 0.2) is 29.3 Å². The maximum Gasteiger partial charge on any atom is 0.0567 e. The van der Waals surface area contributed by atoms with Gasteiger partial charge in [-0.2, -0.15) is 0 Å². The quantitative estimate of drug-likeness (QED) is 0.503. The minimum atomic E-state index is 0.955. The molecule has 0 radical (unpaired) electrons. The van der Waals surface area contributed by atoms with Gasteiger partial charge in [0.05, 0.1) is 5.71 Å². The molecule has 0 saturated carbocycles. The molecular weight excluding hydrogens is 110 g/mol. The standard InChI is InChI=1S/C8H11N/c1-2-5-8-6-3-4-7-9-8/h2-3,5-6H,4,7H2,1H3/b5-2+. The lowest BCUT2D eigenvalue weighted by atomic mass is 10.2. The van der Waals surface area contributed by atoms with E-state index in [9.17, 15) is 0 Å². The van der Waals surface area contributed by atoms with Crippen LogP contribution in [0.1, 0.15) is 13.3 Å². The van der Waals surface area contributed by atoms with E-state index in [-0.39, 0.29) is 0 Å². The van der Waals surface area contributed by atoms with Crippen LogP contribution in [-0.2, 0) is 0 Å². The van der Waals surface area contributed by atoms with Crippen molar-refractivity contribution in [2.75, 3.05) is 6.54 Å². The Kier molecular flexibility index (Phi) is 2.25. The number of aliphatic imine (C=N–C) groups is 1. The summed E-state index contributed by atoms with van der Waals surface area (Å²) < 4.78 is 0. The number of nitrogens with zero attached hydrogens (tertiary/aromatic N) is 1. The van der Waals surface area contributed by atoms with E-state index in [1.165, 1.54) is 0 Å². The van der Waals surface area contributed by atoms with Gasteiger partial charge in [0.15, 0.2) is 0 Å². The molecular formula is C8H11N. The molecule has 0 aromatic heterocycles. The Labute approximate surface area is 55.8 Å². The third kappa shape index (κ3) is 1.84. The summed E-state index contributed by atoms with van der Waals surface area (Å²) in [6.07, 6.45) is 9.34. The van der Waals surface area contributed by atoms with E-state index in [1.807, 2.05) is 19.1 Å². The van der Waals surface area contributed by atoms with Crippen molar-refractivity contribution in [3.8, 4) is 0 Å². The zero-order valence-corrected chi connectivity index (χ0v) is 5.67. The molecule has 0 spiro atoms. The Morgan fingerprint density at radius 3 is 3.11 bits per heavy atom. The minimum Gasteiger partial charge on any atom is -0.285 e. The largest absolute Gasteiger partial charge is 0.285 e. The highest BCUT2D eigenvalue weighted by molar-refractivity contribution is 6.04. The summed E-state index contributed by atoms with van der Waals surface area (Å²) in [6, 6.07) is 0. The highest BCUT2D eigenvalue weighted by Crippen LogP contribution is 1.96. The highest BCUT2D eigenvalue weighted by Gasteiger charge is 1.90. The molecule has 0 atom stereocenters. The summed E-state index contributed by atoms with van der Waals surface area (Å²) in [7, 11) is 0. The van der Waals surface area contributed by atoms with Crippen LogP contribution in [0.5, 0.6) is 0 Å². The van der Waals surface area contributed by atoms with Gasteiger partial charge in [-0.05, 0) is 25.5 Å². The van der Waals surface area contributed by atoms with E-state index in [1.54, 1.807) is 0 Å². The monoisotopic (exact) mass is 121 g/mol. The zero-order valence-electron chi connectivity index (χ0n) is 5.67. The number of hydrogen-bond donors (Lipinski definition) is 0. The van der Waals surface area contributed by atoms with Gasteiger partial charge in [0.25, 0.3) is 0 Å². The Morgan fingerprint density at radius 1 is 1.67 bits per heavy atom. The first-order valence-electron chi connectivity index (χ1n) is 3.27. The van der Waals surface area contributed by atoms with Crippen molar-refractivity contribution in [2.24, 2.45) is 4.99 Å². The maximum atomic E-state index is 4.26. The summed E-state index contributed by atoms with van der Waals surface area (Å²) in [4.78, 5) is 4.26. The van der Waals surface area contributed by atoms with Crippen molar-refractivity contribution in [2.45, 2.75) is 13.3 Å². The average Bonchev–Trinajstić information content (AvgIpc) is 1.91. The molecule has 1 aliphatic heterocycles. The van der Waals surface area contributed by atoms with Crippen LogP contribution in [0.3, 0.4) is 0 Å². The summed E-state index contributed by atoms with van der Waals surface area (Å²) in [6.45, 7) is 2.96. The Bertz CT molecular complexity index is 159. The van der Waals surface area contributed by atoms with Gasteiger partial charge in [0, 0.05) is 6.54 Å². The van der Waals surface area contributed by atoms with Gasteiger partial charge in [-0.15, -0.1) is 0 Å². The first kappa shape index (κ1) is 6.27. The molecule has 1 aliphatic rings. The lowest BCUT2D eigenvalue weighted by Crippen LogP contribution is -1.95. The molecule has 0 unspecified atom stereocenters. The van der Waals surface area contributed by atoms with E-state index in [2.05, 4.69) is 17.1 Å². The van der Waals surface area contributed by atoms with Crippen LogP contribution >= 0.6 is 0 Å². The van der Waals surface area contributed by atoms with Crippen LogP contribution in [-0.4, -0.2) is 12.3 Å². The second kappa shape index (κ2) is 3.23. The Hall–Kier alpha value is -0.850. The molecule has 0 fully saturated rings. The topological polar surface area (TPSA) is 12.4 Å². The average molecular weight is 121 g/mol. The van der Waals surface area contributed by atoms with Gasteiger partial charge >= 0.3 is 0 Å². The molecule has 0 saturated heterocycles. The zero-order chi connectivity index (χ0) is 6.53. The molecule has 0 aliphatic carbocycles. The van der Waals surface area contributed by atoms with Gasteiger partial charge in [0.1, 0.15) is 0 Å². The normalized spacial score (nSPS) is 18.6. The number of allylic oxidation sites excluding steroid dienone is 3. The van der Waals surface area contributed by atoms with Gasteiger partial charge in [-0.1, -0.05) is 12.2 Å². The van der Waals surface area contributed by atoms with Crippen LogP contribution in [0.25, 0.3) is 0 Å². The van der Waals surface area contributed by atoms with Crippen LogP contribution in [0.4, 0.5) is 0 Å². The molecule has 0 aromatic carbocycles. The molecule has 1 heteroatoms. The van der Waals surface area contributed by atoms with Crippen molar-refractivity contribution < 1.29 is 0 Å². The van der Waals surface area contributed by atoms with Crippen molar-refractivity contribution in [1.82, 2.24) is 0 Å². The predicted molar refractivity (Wildman–Crippen MR) is 40.9 cm³/mol. The summed E-state index contributed by atoms with van der Waals surface area (Å²) in [5, 5.41) is 0. The summed E-state index contributed by atoms with van der Waals surface area (Å²) in [5.74, 6) is 0. The Morgan fingerprint density at radius 2 is 2.56 bits per heavy atom. The van der Waals surface area contributed by atoms with E-state index < -0.39 is 0 Å². The Balaban J connectivity index is 2.58. The molecule has 1 nitrogen and oxygen atoms in total. The number of dihydropyridines is 1. The van der Waals surface area contributed by atoms with Crippen molar-refractivity contribution in [3.63, 3.8) is 0 Å². The van der Waals surface area contributed by atoms with E-state index in [0.29, 0.717) is 0 Å². The third-order valence-corrected chi connectivity index (χ3v) is 1.22. The van der Waals surface area contributed by atoms with Crippen LogP contribution < -0.4 is 0 Å². The minimum absolute atomic E-state index is 0.955. The van der Waals surface area contributed by atoms with E-state index >= 15 is 0 Å². The van der Waals surface area contributed by atoms with Crippen LogP contribution in [0, 0.1) is 0 Å². The SMILES string of the molecule is C/C=C/C1=NCCC=C1. The number of hydrogen-bond acceptors (Lipinski definition) is 1. The molecule has 0 bridgehead atoms. The van der Waals surface area contributed by atoms with E-state index in [4.69, 9.17) is 0 Å². The first-order valence-corrected chi connectivity index (χ1v) is 3.27. The van der Waals surface area contributed by atoms with Crippen molar-refractivity contribution >= 4 is 5.71 Å². The fraction of sp³-hybridized carbons (Fsp3) is 0.375. The molecule has 0 amide bonds. The third-order valence-electron chi connectivity index (χ3n) is 1.22. The second-order valence-electron chi connectivity index (χ2n) is 2.00. The van der Waals surface area contributed by atoms with Gasteiger partial charge in [-0.25, -0.2) is 0 Å². The fourth-order valence-corrected chi connectivity index (χ4v) is 0.804. The molecule has 1 heterocycles. The summed E-state index contributed by atoms with van der Waals surface area (Å²) in [5.41, 5.74) is 1.10. The second-order valence-corrected chi connectivity index (χ2v) is 2.00. The first-order chi connectivity index (χ1) is 4.43. The predicted octanol–water partition coefficient (Wildman–Crippen LogP) is 1.96. The molecule has 48 valence electrons. The smallest absolute Gasteiger partial charge is 0.0567 e. The molecule has 9 heavy (non-hydrogen) atoms. The van der Waals surface area contributed by atoms with Crippen molar-refractivity contribution in [3.05, 3.63) is 24.3 Å². The van der Waals surface area contributed by atoms with Crippen molar-refractivity contribution in [1.29, 1.82) is 0 Å².